The van der Waals surface area contributed by atoms with Crippen molar-refractivity contribution < 1.29 is 9.47 Å². The van der Waals surface area contributed by atoms with Crippen LogP contribution in [0.2, 0.25) is 0 Å². The molecule has 1 unspecified atom stereocenters. The molecule has 1 aromatic carbocycles. The normalized spacial score (nSPS) is 13.4. The van der Waals surface area contributed by atoms with Crippen molar-refractivity contribution in [3.8, 4) is 11.5 Å². The third-order valence-electron chi connectivity index (χ3n) is 3.13. The van der Waals surface area contributed by atoms with Crippen LogP contribution in [-0.2, 0) is 0 Å². The van der Waals surface area contributed by atoms with Gasteiger partial charge in [0.25, 0.3) is 0 Å². The molecule has 0 fully saturated rings. The largest absolute Gasteiger partial charge is 0.493 e. The third-order valence-corrected chi connectivity index (χ3v) is 3.13. The van der Waals surface area contributed by atoms with Crippen LogP contribution in [0.5, 0.6) is 11.5 Å². The lowest BCUT2D eigenvalue weighted by molar-refractivity contribution is 0.310. The molecule has 18 heavy (non-hydrogen) atoms. The molecule has 1 aromatic rings. The van der Waals surface area contributed by atoms with E-state index in [1.54, 1.807) is 7.11 Å². The number of rotatable bonds is 6. The van der Waals surface area contributed by atoms with E-state index in [9.17, 15) is 0 Å². The van der Waals surface area contributed by atoms with E-state index in [0.29, 0.717) is 12.5 Å². The Labute approximate surface area is 116 Å². The molecule has 0 saturated heterocycles. The van der Waals surface area contributed by atoms with Crippen molar-refractivity contribution in [1.29, 1.82) is 0 Å². The molecule has 4 heteroatoms. The molecule has 0 bridgehead atoms. The molecule has 0 spiro atoms. The zero-order chi connectivity index (χ0) is 12.8. The second kappa shape index (κ2) is 8.22. The van der Waals surface area contributed by atoms with Crippen LogP contribution in [0.4, 0.5) is 0 Å². The van der Waals surface area contributed by atoms with Crippen LogP contribution in [0.1, 0.15) is 38.8 Å². The second-order valence-electron chi connectivity index (χ2n) is 4.25. The smallest absolute Gasteiger partial charge is 0.161 e. The molecule has 0 aliphatic rings. The van der Waals surface area contributed by atoms with Gasteiger partial charge in [-0.05, 0) is 30.5 Å². The molecule has 0 radical (unpaired) electrons. The molecule has 2 N–H and O–H groups in total. The zero-order valence-corrected chi connectivity index (χ0v) is 12.4. The van der Waals surface area contributed by atoms with Crippen LogP contribution in [0.3, 0.4) is 0 Å². The zero-order valence-electron chi connectivity index (χ0n) is 11.6. The summed E-state index contributed by atoms with van der Waals surface area (Å²) in [5, 5.41) is 0. The third kappa shape index (κ3) is 4.07. The predicted octanol–water partition coefficient (Wildman–Crippen LogP) is 3.56. The van der Waals surface area contributed by atoms with Crippen LogP contribution in [0.15, 0.2) is 18.2 Å². The Hall–Kier alpha value is -0.930. The van der Waals surface area contributed by atoms with Crippen molar-refractivity contribution in [3.63, 3.8) is 0 Å². The number of halogens is 1. The molecule has 104 valence electrons. The molecule has 0 aromatic heterocycles. The Bertz CT molecular complexity index is 358. The number of hydrogen-bond acceptors (Lipinski definition) is 3. The van der Waals surface area contributed by atoms with E-state index in [4.69, 9.17) is 15.2 Å². The maximum Gasteiger partial charge on any atom is 0.161 e. The molecule has 2 atom stereocenters. The number of ether oxygens (including phenoxy) is 2. The summed E-state index contributed by atoms with van der Waals surface area (Å²) in [4.78, 5) is 0. The fraction of sp³-hybridized carbons (Fsp3) is 0.571. The minimum absolute atomic E-state index is 0. The lowest BCUT2D eigenvalue weighted by Gasteiger charge is -2.20. The van der Waals surface area contributed by atoms with Gasteiger partial charge in [0.15, 0.2) is 11.5 Å². The number of benzene rings is 1. The van der Waals surface area contributed by atoms with Gasteiger partial charge in [-0.25, -0.2) is 0 Å². The Morgan fingerprint density at radius 2 is 1.89 bits per heavy atom. The molecule has 3 nitrogen and oxygen atoms in total. The van der Waals surface area contributed by atoms with Gasteiger partial charge in [0, 0.05) is 6.04 Å². The van der Waals surface area contributed by atoms with E-state index >= 15 is 0 Å². The van der Waals surface area contributed by atoms with E-state index in [2.05, 4.69) is 13.8 Å². The van der Waals surface area contributed by atoms with Gasteiger partial charge < -0.3 is 15.2 Å². The molecule has 0 aliphatic heterocycles. The van der Waals surface area contributed by atoms with Gasteiger partial charge in [0.2, 0.25) is 0 Å². The minimum atomic E-state index is 0. The van der Waals surface area contributed by atoms with E-state index in [0.717, 1.165) is 23.5 Å². The SMILES string of the molecule is CCOc1ccc([C@@H](N)C(C)CC)cc1OC.Cl. The van der Waals surface area contributed by atoms with Gasteiger partial charge in [0.1, 0.15) is 0 Å². The summed E-state index contributed by atoms with van der Waals surface area (Å²) < 4.78 is 10.8. The number of methoxy groups -OCH3 is 1. The highest BCUT2D eigenvalue weighted by Crippen LogP contribution is 2.32. The summed E-state index contributed by atoms with van der Waals surface area (Å²) in [7, 11) is 1.65. The topological polar surface area (TPSA) is 44.5 Å². The maximum absolute atomic E-state index is 6.20. The van der Waals surface area contributed by atoms with Crippen LogP contribution in [0, 0.1) is 5.92 Å². The van der Waals surface area contributed by atoms with Gasteiger partial charge in [-0.15, -0.1) is 12.4 Å². The molecule has 0 heterocycles. The first kappa shape index (κ1) is 17.1. The van der Waals surface area contributed by atoms with Crippen LogP contribution in [0.25, 0.3) is 0 Å². The van der Waals surface area contributed by atoms with E-state index in [1.807, 2.05) is 25.1 Å². The highest BCUT2D eigenvalue weighted by molar-refractivity contribution is 5.85. The van der Waals surface area contributed by atoms with Crippen molar-refractivity contribution in [1.82, 2.24) is 0 Å². The monoisotopic (exact) mass is 273 g/mol. The van der Waals surface area contributed by atoms with Crippen molar-refractivity contribution >= 4 is 12.4 Å². The van der Waals surface area contributed by atoms with Crippen molar-refractivity contribution in [2.24, 2.45) is 11.7 Å². The summed E-state index contributed by atoms with van der Waals surface area (Å²) in [5.74, 6) is 1.98. The van der Waals surface area contributed by atoms with Crippen LogP contribution >= 0.6 is 12.4 Å². The Kier molecular flexibility index (Phi) is 7.80. The summed E-state index contributed by atoms with van der Waals surface area (Å²) >= 11 is 0. The van der Waals surface area contributed by atoms with Gasteiger partial charge in [0.05, 0.1) is 13.7 Å². The Balaban J connectivity index is 0.00000289. The number of hydrogen-bond donors (Lipinski definition) is 1. The highest BCUT2D eigenvalue weighted by Gasteiger charge is 2.15. The van der Waals surface area contributed by atoms with E-state index in [-0.39, 0.29) is 18.4 Å². The maximum atomic E-state index is 6.20. The summed E-state index contributed by atoms with van der Waals surface area (Å²) in [6.45, 7) is 6.90. The van der Waals surface area contributed by atoms with Crippen molar-refractivity contribution in [2.45, 2.75) is 33.2 Å². The Morgan fingerprint density at radius 3 is 2.39 bits per heavy atom. The number of nitrogens with two attached hydrogens (primary N) is 1. The molecule has 0 saturated carbocycles. The molecule has 0 amide bonds. The van der Waals surface area contributed by atoms with Gasteiger partial charge >= 0.3 is 0 Å². The average molecular weight is 274 g/mol. The minimum Gasteiger partial charge on any atom is -0.493 e. The highest BCUT2D eigenvalue weighted by atomic mass is 35.5. The van der Waals surface area contributed by atoms with Crippen molar-refractivity contribution in [2.75, 3.05) is 13.7 Å². The molecular weight excluding hydrogens is 250 g/mol. The first-order valence-electron chi connectivity index (χ1n) is 6.20. The fourth-order valence-electron chi connectivity index (χ4n) is 1.75. The van der Waals surface area contributed by atoms with Gasteiger partial charge in [-0.2, -0.15) is 0 Å². The molecule has 1 rings (SSSR count). The lowest BCUT2D eigenvalue weighted by Crippen LogP contribution is -2.18. The van der Waals surface area contributed by atoms with Crippen LogP contribution in [-0.4, -0.2) is 13.7 Å². The first-order chi connectivity index (χ1) is 8.13. The van der Waals surface area contributed by atoms with Gasteiger partial charge in [-0.1, -0.05) is 26.3 Å². The molecular formula is C14H24ClNO2. The molecule has 0 aliphatic carbocycles. The lowest BCUT2D eigenvalue weighted by atomic mass is 9.93. The van der Waals surface area contributed by atoms with Gasteiger partial charge in [-0.3, -0.25) is 0 Å². The van der Waals surface area contributed by atoms with Crippen LogP contribution < -0.4 is 15.2 Å². The second-order valence-corrected chi connectivity index (χ2v) is 4.25. The van der Waals surface area contributed by atoms with Crippen molar-refractivity contribution in [3.05, 3.63) is 23.8 Å². The standard InChI is InChI=1S/C14H23NO2.ClH/c1-5-10(3)14(15)11-7-8-12(17-6-2)13(9-11)16-4;/h7-10,14H,5-6,15H2,1-4H3;1H/t10?,14-;/m0./s1. The summed E-state index contributed by atoms with van der Waals surface area (Å²) in [5.41, 5.74) is 7.30. The fourth-order valence-corrected chi connectivity index (χ4v) is 1.75. The first-order valence-corrected chi connectivity index (χ1v) is 6.20. The quantitative estimate of drug-likeness (QED) is 0.862. The average Bonchev–Trinajstić information content (AvgIpc) is 2.37. The predicted molar refractivity (Wildman–Crippen MR) is 77.8 cm³/mol. The van der Waals surface area contributed by atoms with E-state index < -0.39 is 0 Å². The summed E-state index contributed by atoms with van der Waals surface area (Å²) in [6, 6.07) is 5.97. The Morgan fingerprint density at radius 1 is 1.22 bits per heavy atom. The summed E-state index contributed by atoms with van der Waals surface area (Å²) in [6.07, 6.45) is 1.07. The van der Waals surface area contributed by atoms with E-state index in [1.165, 1.54) is 0 Å².